The van der Waals surface area contributed by atoms with Gasteiger partial charge in [0.05, 0.1) is 5.54 Å². The number of hydrogen-bond donors (Lipinski definition) is 2. The quantitative estimate of drug-likeness (QED) is 0.701. The van der Waals surface area contributed by atoms with E-state index < -0.39 is 5.54 Å². The minimum absolute atomic E-state index is 0.0629. The number of nitrogens with one attached hydrogen (secondary N) is 2. The molecule has 0 heterocycles. The van der Waals surface area contributed by atoms with Gasteiger partial charge < -0.3 is 10.6 Å². The molecule has 14 heavy (non-hydrogen) atoms. The lowest BCUT2D eigenvalue weighted by atomic mass is 10.0. The molecule has 2 N–H and O–H groups in total. The number of rotatable bonds is 6. The maximum Gasteiger partial charge on any atom is 0.239 e. The molecule has 0 fully saturated rings. The minimum Gasteiger partial charge on any atom is -0.354 e. The van der Waals surface area contributed by atoms with E-state index in [1.54, 1.807) is 7.05 Å². The number of carbonyl (C=O) groups excluding carboxylic acids is 1. The third-order valence-corrected chi connectivity index (χ3v) is 3.16. The van der Waals surface area contributed by atoms with E-state index in [2.05, 4.69) is 23.8 Å². The Balaban J connectivity index is 3.85. The fraction of sp³-hybridized carbons (Fsp3) is 0.900. The first-order valence-corrected chi connectivity index (χ1v) is 6.29. The Morgan fingerprint density at radius 3 is 2.50 bits per heavy atom. The van der Waals surface area contributed by atoms with E-state index in [0.29, 0.717) is 5.92 Å². The highest BCUT2D eigenvalue weighted by atomic mass is 32.2. The lowest BCUT2D eigenvalue weighted by Gasteiger charge is -2.23. The van der Waals surface area contributed by atoms with Gasteiger partial charge in [0.25, 0.3) is 0 Å². The van der Waals surface area contributed by atoms with E-state index in [4.69, 9.17) is 0 Å². The number of amides is 1. The first-order valence-electron chi connectivity index (χ1n) is 4.90. The van der Waals surface area contributed by atoms with Crippen LogP contribution in [-0.4, -0.2) is 37.0 Å². The summed E-state index contributed by atoms with van der Waals surface area (Å²) in [6.45, 7) is 6.65. The predicted octanol–water partition coefficient (Wildman–Crippen LogP) is 1.10. The van der Waals surface area contributed by atoms with Gasteiger partial charge in [-0.05, 0) is 38.8 Å². The molecule has 4 heteroatoms. The normalized spacial score (nSPS) is 13.8. The molecule has 84 valence electrons. The van der Waals surface area contributed by atoms with Crippen LogP contribution in [0.25, 0.3) is 0 Å². The lowest BCUT2D eigenvalue weighted by molar-refractivity contribution is -0.126. The maximum atomic E-state index is 11.6. The lowest BCUT2D eigenvalue weighted by Crippen LogP contribution is -2.51. The van der Waals surface area contributed by atoms with Crippen molar-refractivity contribution in [3.8, 4) is 0 Å². The molecule has 0 radical (unpaired) electrons. The Bertz CT molecular complexity index is 183. The van der Waals surface area contributed by atoms with Crippen molar-refractivity contribution in [2.24, 2.45) is 5.92 Å². The van der Waals surface area contributed by atoms with Crippen LogP contribution in [0.15, 0.2) is 0 Å². The van der Waals surface area contributed by atoms with Crippen LogP contribution in [0, 0.1) is 5.92 Å². The molecule has 0 bridgehead atoms. The van der Waals surface area contributed by atoms with Crippen LogP contribution in [0.3, 0.4) is 0 Å². The Kier molecular flexibility index (Phi) is 6.20. The number of thioether (sulfide) groups is 1. The molecule has 0 aromatic carbocycles. The summed E-state index contributed by atoms with van der Waals surface area (Å²) < 4.78 is 0. The van der Waals surface area contributed by atoms with Gasteiger partial charge in [0.15, 0.2) is 0 Å². The van der Waals surface area contributed by atoms with E-state index in [1.807, 2.05) is 25.6 Å². The molecular weight excluding hydrogens is 196 g/mol. The van der Waals surface area contributed by atoms with Gasteiger partial charge in [0.1, 0.15) is 0 Å². The zero-order chi connectivity index (χ0) is 11.2. The first-order chi connectivity index (χ1) is 6.44. The SMILES string of the molecule is CNC(C)(C)C(=O)NCC(C)CSC. The highest BCUT2D eigenvalue weighted by molar-refractivity contribution is 7.98. The maximum absolute atomic E-state index is 11.6. The van der Waals surface area contributed by atoms with E-state index >= 15 is 0 Å². The Labute approximate surface area is 91.4 Å². The average Bonchev–Trinajstić information content (AvgIpc) is 2.14. The average molecular weight is 218 g/mol. The van der Waals surface area contributed by atoms with E-state index in [1.165, 1.54) is 0 Å². The molecule has 0 aliphatic carbocycles. The van der Waals surface area contributed by atoms with Crippen molar-refractivity contribution in [3.05, 3.63) is 0 Å². The summed E-state index contributed by atoms with van der Waals surface area (Å²) in [5.41, 5.74) is -0.473. The zero-order valence-electron chi connectivity index (χ0n) is 9.81. The van der Waals surface area contributed by atoms with E-state index in [9.17, 15) is 4.79 Å². The smallest absolute Gasteiger partial charge is 0.239 e. The van der Waals surface area contributed by atoms with Gasteiger partial charge in [-0.2, -0.15) is 11.8 Å². The molecule has 1 atom stereocenters. The Morgan fingerprint density at radius 1 is 1.50 bits per heavy atom. The second kappa shape index (κ2) is 6.30. The van der Waals surface area contributed by atoms with Crippen LogP contribution in [0.2, 0.25) is 0 Å². The molecule has 0 spiro atoms. The standard InChI is InChI=1S/C10H22N2OS/c1-8(7-14-5)6-12-9(13)10(2,3)11-4/h8,11H,6-7H2,1-5H3,(H,12,13). The van der Waals surface area contributed by atoms with Crippen molar-refractivity contribution in [1.29, 1.82) is 0 Å². The predicted molar refractivity (Wildman–Crippen MR) is 63.7 cm³/mol. The van der Waals surface area contributed by atoms with Gasteiger partial charge in [-0.15, -0.1) is 0 Å². The summed E-state index contributed by atoms with van der Waals surface area (Å²) >= 11 is 1.81. The molecule has 1 amide bonds. The molecule has 1 unspecified atom stereocenters. The monoisotopic (exact) mass is 218 g/mol. The number of carbonyl (C=O) groups is 1. The molecule has 3 nitrogen and oxygen atoms in total. The summed E-state index contributed by atoms with van der Waals surface area (Å²) in [7, 11) is 1.80. The molecular formula is C10H22N2OS. The fourth-order valence-corrected chi connectivity index (χ4v) is 1.63. The fourth-order valence-electron chi connectivity index (χ4n) is 0.945. The molecule has 0 saturated carbocycles. The van der Waals surface area contributed by atoms with E-state index in [-0.39, 0.29) is 5.91 Å². The topological polar surface area (TPSA) is 41.1 Å². The zero-order valence-corrected chi connectivity index (χ0v) is 10.6. The Morgan fingerprint density at radius 2 is 2.07 bits per heavy atom. The molecule has 0 aromatic heterocycles. The minimum atomic E-state index is -0.473. The third-order valence-electron chi connectivity index (χ3n) is 2.25. The van der Waals surface area contributed by atoms with Crippen LogP contribution in [0.4, 0.5) is 0 Å². The van der Waals surface area contributed by atoms with Gasteiger partial charge in [-0.25, -0.2) is 0 Å². The number of hydrogen-bond acceptors (Lipinski definition) is 3. The summed E-state index contributed by atoms with van der Waals surface area (Å²) in [4.78, 5) is 11.6. The van der Waals surface area contributed by atoms with Crippen LogP contribution in [-0.2, 0) is 4.79 Å². The molecule has 0 aliphatic heterocycles. The van der Waals surface area contributed by atoms with Crippen LogP contribution < -0.4 is 10.6 Å². The molecule has 0 aromatic rings. The van der Waals surface area contributed by atoms with Crippen LogP contribution >= 0.6 is 11.8 Å². The summed E-state index contributed by atoms with van der Waals surface area (Å²) in [6.07, 6.45) is 2.08. The van der Waals surface area contributed by atoms with Crippen molar-refractivity contribution in [2.45, 2.75) is 26.3 Å². The van der Waals surface area contributed by atoms with Gasteiger partial charge in [0, 0.05) is 6.54 Å². The second-order valence-electron chi connectivity index (χ2n) is 4.15. The van der Waals surface area contributed by atoms with Crippen molar-refractivity contribution in [3.63, 3.8) is 0 Å². The van der Waals surface area contributed by atoms with Crippen LogP contribution in [0.5, 0.6) is 0 Å². The summed E-state index contributed by atoms with van der Waals surface area (Å²) in [5.74, 6) is 1.68. The van der Waals surface area contributed by atoms with Crippen molar-refractivity contribution >= 4 is 17.7 Å². The molecule has 0 aliphatic rings. The van der Waals surface area contributed by atoms with Gasteiger partial charge >= 0.3 is 0 Å². The first kappa shape index (κ1) is 13.8. The largest absolute Gasteiger partial charge is 0.354 e. The van der Waals surface area contributed by atoms with Crippen molar-refractivity contribution < 1.29 is 4.79 Å². The second-order valence-corrected chi connectivity index (χ2v) is 5.06. The molecule has 0 saturated heterocycles. The van der Waals surface area contributed by atoms with Gasteiger partial charge in [-0.3, -0.25) is 4.79 Å². The van der Waals surface area contributed by atoms with Gasteiger partial charge in [-0.1, -0.05) is 6.92 Å². The summed E-state index contributed by atoms with van der Waals surface area (Å²) in [5, 5.41) is 5.92. The van der Waals surface area contributed by atoms with E-state index in [0.717, 1.165) is 12.3 Å². The summed E-state index contributed by atoms with van der Waals surface area (Å²) in [6, 6.07) is 0. The number of likely N-dealkylation sites (N-methyl/N-ethyl adjacent to an activating group) is 1. The highest BCUT2D eigenvalue weighted by Gasteiger charge is 2.24. The van der Waals surface area contributed by atoms with Crippen LogP contribution in [0.1, 0.15) is 20.8 Å². The molecule has 0 rings (SSSR count). The third kappa shape index (κ3) is 4.86. The van der Waals surface area contributed by atoms with Crippen molar-refractivity contribution in [1.82, 2.24) is 10.6 Å². The Hall–Kier alpha value is -0.220. The van der Waals surface area contributed by atoms with Crippen molar-refractivity contribution in [2.75, 3.05) is 25.6 Å². The highest BCUT2D eigenvalue weighted by Crippen LogP contribution is 2.04. The van der Waals surface area contributed by atoms with Gasteiger partial charge in [0.2, 0.25) is 5.91 Å².